The molecule has 18 heteroatoms. The number of allylic oxidation sites excluding steroid dienone is 2. The number of carbonyl (C=O) groups is 1. The Labute approximate surface area is 380 Å². The van der Waals surface area contributed by atoms with E-state index in [1.807, 2.05) is 0 Å². The number of aliphatic hydroxyl groups excluding tert-OH is 10. The molecule has 4 saturated heterocycles. The quantitative estimate of drug-likeness (QED) is 0.0855. The first-order valence-corrected chi connectivity index (χ1v) is 23.9. The molecule has 0 unspecified atom stereocenters. The van der Waals surface area contributed by atoms with Gasteiger partial charge in [-0.25, -0.2) is 0 Å². The number of aliphatic hydroxyl groups is 10. The molecule has 10 N–H and O–H groups in total. The number of carbonyl (C=O) groups excluding carboxylic acids is 1. The van der Waals surface area contributed by atoms with Crippen molar-refractivity contribution in [2.24, 2.45) is 50.2 Å². The molecule has 24 atom stereocenters. The molecule has 0 aromatic rings. The summed E-state index contributed by atoms with van der Waals surface area (Å²) in [5.74, 6) is 0.0206. The molecule has 18 nitrogen and oxygen atoms in total. The van der Waals surface area contributed by atoms with Crippen molar-refractivity contribution in [3.8, 4) is 0 Å². The van der Waals surface area contributed by atoms with Crippen LogP contribution in [0.1, 0.15) is 99.8 Å². The monoisotopic (exact) mass is 926 g/mol. The Morgan fingerprint density at radius 2 is 1.38 bits per heavy atom. The van der Waals surface area contributed by atoms with E-state index in [4.69, 9.17) is 33.2 Å². The molecule has 5 aliphatic carbocycles. The van der Waals surface area contributed by atoms with Crippen LogP contribution in [0.2, 0.25) is 0 Å². The molecule has 0 amide bonds. The molecule has 9 rings (SSSR count). The summed E-state index contributed by atoms with van der Waals surface area (Å²) in [5, 5.41) is 108. The second-order valence-corrected chi connectivity index (χ2v) is 23.3. The third kappa shape index (κ3) is 7.12. The first kappa shape index (κ1) is 48.6. The Kier molecular flexibility index (Phi) is 12.4. The Hall–Kier alpha value is -1.43. The maximum Gasteiger partial charge on any atom is 0.315 e. The first-order chi connectivity index (χ1) is 30.4. The predicted octanol–water partition coefficient (Wildman–Crippen LogP) is -0.233. The molecule has 4 saturated carbocycles. The van der Waals surface area contributed by atoms with E-state index >= 15 is 0 Å². The topological polar surface area (TPSA) is 284 Å². The molecule has 1 spiro atoms. The van der Waals surface area contributed by atoms with Gasteiger partial charge in [-0.2, -0.15) is 0 Å². The van der Waals surface area contributed by atoms with Crippen LogP contribution in [0.4, 0.5) is 0 Å². The fourth-order valence-electron chi connectivity index (χ4n) is 15.2. The van der Waals surface area contributed by atoms with Crippen LogP contribution in [0.3, 0.4) is 0 Å². The minimum absolute atomic E-state index is 0.0965. The summed E-state index contributed by atoms with van der Waals surface area (Å²) in [6.07, 6.45) is -15.2. The summed E-state index contributed by atoms with van der Waals surface area (Å²) in [6.45, 7) is 14.2. The Balaban J connectivity index is 0.970. The largest absolute Gasteiger partial charge is 0.461 e. The molecular formula is C47H74O18. The van der Waals surface area contributed by atoms with Crippen LogP contribution in [0, 0.1) is 50.2 Å². The van der Waals surface area contributed by atoms with E-state index in [0.717, 1.165) is 32.1 Å². The lowest BCUT2D eigenvalue weighted by atomic mass is 9.33. The van der Waals surface area contributed by atoms with Crippen molar-refractivity contribution in [3.63, 3.8) is 0 Å². The fraction of sp³-hybridized carbons (Fsp3) is 0.936. The fourth-order valence-corrected chi connectivity index (χ4v) is 15.2. The van der Waals surface area contributed by atoms with Crippen LogP contribution in [-0.4, -0.2) is 181 Å². The normalized spacial score (nSPS) is 55.8. The molecule has 0 aromatic carbocycles. The summed E-state index contributed by atoms with van der Waals surface area (Å²) in [5.41, 5.74) is -1.06. The van der Waals surface area contributed by atoms with Gasteiger partial charge in [0.2, 0.25) is 0 Å². The van der Waals surface area contributed by atoms with Crippen molar-refractivity contribution in [3.05, 3.63) is 11.6 Å². The maximum atomic E-state index is 13.8. The molecule has 65 heavy (non-hydrogen) atoms. The lowest BCUT2D eigenvalue weighted by Crippen LogP contribution is -2.68. The molecule has 0 radical (unpaired) electrons. The lowest BCUT2D eigenvalue weighted by molar-refractivity contribution is -0.376. The van der Waals surface area contributed by atoms with Crippen molar-refractivity contribution in [2.75, 3.05) is 19.8 Å². The Morgan fingerprint density at radius 3 is 2.09 bits per heavy atom. The number of hydrogen-bond donors (Lipinski definition) is 10. The smallest absolute Gasteiger partial charge is 0.315 e. The number of ether oxygens (including phenoxy) is 7. The lowest BCUT2D eigenvalue weighted by Gasteiger charge is -2.71. The van der Waals surface area contributed by atoms with Crippen LogP contribution >= 0.6 is 0 Å². The summed E-state index contributed by atoms with van der Waals surface area (Å²) < 4.78 is 42.2. The highest BCUT2D eigenvalue weighted by Crippen LogP contribution is 2.76. The van der Waals surface area contributed by atoms with Gasteiger partial charge >= 0.3 is 5.97 Å². The van der Waals surface area contributed by atoms with E-state index < -0.39 is 122 Å². The van der Waals surface area contributed by atoms with E-state index in [1.54, 1.807) is 0 Å². The van der Waals surface area contributed by atoms with Gasteiger partial charge in [0.05, 0.1) is 32.0 Å². The molecular weight excluding hydrogens is 852 g/mol. The summed E-state index contributed by atoms with van der Waals surface area (Å²) >= 11 is 0. The van der Waals surface area contributed by atoms with Crippen LogP contribution in [0.5, 0.6) is 0 Å². The summed E-state index contributed by atoms with van der Waals surface area (Å²) in [7, 11) is 0. The van der Waals surface area contributed by atoms with Gasteiger partial charge in [-0.3, -0.25) is 4.79 Å². The van der Waals surface area contributed by atoms with Crippen LogP contribution in [0.15, 0.2) is 11.6 Å². The molecule has 9 aliphatic rings. The zero-order valence-electron chi connectivity index (χ0n) is 38.6. The Morgan fingerprint density at radius 1 is 0.708 bits per heavy atom. The predicted molar refractivity (Wildman–Crippen MR) is 224 cm³/mol. The molecule has 4 aliphatic heterocycles. The van der Waals surface area contributed by atoms with Gasteiger partial charge in [-0.15, -0.1) is 0 Å². The number of hydrogen-bond acceptors (Lipinski definition) is 18. The zero-order valence-corrected chi connectivity index (χ0v) is 38.6. The van der Waals surface area contributed by atoms with Gasteiger partial charge < -0.3 is 84.2 Å². The molecule has 8 fully saturated rings. The number of rotatable bonds is 8. The van der Waals surface area contributed by atoms with E-state index in [1.165, 1.54) is 5.57 Å². The highest BCUT2D eigenvalue weighted by molar-refractivity contribution is 5.82. The third-order valence-electron chi connectivity index (χ3n) is 19.4. The van der Waals surface area contributed by atoms with E-state index in [2.05, 4.69) is 54.5 Å². The van der Waals surface area contributed by atoms with E-state index in [9.17, 15) is 55.9 Å². The van der Waals surface area contributed by atoms with Crippen LogP contribution in [0.25, 0.3) is 0 Å². The van der Waals surface area contributed by atoms with Crippen molar-refractivity contribution in [2.45, 2.75) is 204 Å². The number of fused-ring (bicyclic) bond motifs is 7. The minimum atomic E-state index is -1.75. The van der Waals surface area contributed by atoms with Crippen LogP contribution in [-0.2, 0) is 38.0 Å². The Bertz CT molecular complexity index is 1830. The van der Waals surface area contributed by atoms with Gasteiger partial charge in [0.1, 0.15) is 78.7 Å². The summed E-state index contributed by atoms with van der Waals surface area (Å²) in [4.78, 5) is 13.8. The highest BCUT2D eigenvalue weighted by Gasteiger charge is 2.74. The average Bonchev–Trinajstić information content (AvgIpc) is 3.57. The summed E-state index contributed by atoms with van der Waals surface area (Å²) in [6, 6.07) is 0. The van der Waals surface area contributed by atoms with Gasteiger partial charge in [-0.05, 0) is 84.4 Å². The second-order valence-electron chi connectivity index (χ2n) is 23.3. The molecule has 0 aromatic heterocycles. The second kappa shape index (κ2) is 16.6. The van der Waals surface area contributed by atoms with Crippen molar-refractivity contribution in [1.82, 2.24) is 0 Å². The third-order valence-corrected chi connectivity index (χ3v) is 19.4. The van der Waals surface area contributed by atoms with E-state index in [-0.39, 0.29) is 58.1 Å². The molecule has 370 valence electrons. The van der Waals surface area contributed by atoms with Crippen molar-refractivity contribution < 1.29 is 89.0 Å². The molecule has 2 bridgehead atoms. The molecule has 4 heterocycles. The number of esters is 1. The average molecular weight is 927 g/mol. The maximum absolute atomic E-state index is 13.8. The van der Waals surface area contributed by atoms with Gasteiger partial charge in [-0.1, -0.05) is 60.1 Å². The van der Waals surface area contributed by atoms with Gasteiger partial charge in [0.15, 0.2) is 18.9 Å². The first-order valence-electron chi connectivity index (χ1n) is 23.9. The van der Waals surface area contributed by atoms with E-state index in [0.29, 0.717) is 19.3 Å². The highest BCUT2D eigenvalue weighted by atomic mass is 16.8. The van der Waals surface area contributed by atoms with Gasteiger partial charge in [0.25, 0.3) is 0 Å². The minimum Gasteiger partial charge on any atom is -0.461 e. The van der Waals surface area contributed by atoms with Gasteiger partial charge in [0, 0.05) is 11.8 Å². The SMILES string of the molecule is CC1(C)C[C@@H]2C3=CC[C@@H]4[C@@]5(C)CC[C@H](O[C@@H]6O[C@H](CO[C@@H]7O[C@H](CO)[C@@H](O)[C@H](O)[C@H]7O)[C@@H](O)[C@H](O)[C@H]6O[C@@H]6OC[C@H](O)[C@@H](O)[C@H]6O)C(C)(C)[C@@H]5CC[C@@]4(C)[C@]3(C)C[C@H](O)[C@@]23C[C@@H]1OC3=O. The van der Waals surface area contributed by atoms with Crippen molar-refractivity contribution >= 4 is 5.97 Å². The van der Waals surface area contributed by atoms with Crippen LogP contribution < -0.4 is 0 Å². The standard InChI is InChI=1S/C47H74O18/c1-42(2)14-21-20-8-9-26-44(5)12-11-28(43(3,4)25(44)10-13-45(26,6)46(20,7)15-27(50)47(21)16-29(42)64-41(47)58)63-40-37(65-39-35(56)30(51)22(49)18-59-39)34(55)32(53)24(62-40)19-60-38-36(57)33(54)31(52)23(17-48)61-38/h8,21-40,48-57H,9-19H2,1-7H3/t21-,22+,23-,24-,25+,26-,27+,28+,29+,30-,31-,32-,33+,34+,35-,36-,37-,38-,39+,40+,44+,45-,46-,47-/m1/s1. The van der Waals surface area contributed by atoms with Crippen molar-refractivity contribution in [1.29, 1.82) is 0 Å². The zero-order chi connectivity index (χ0) is 47.1.